The number of anilines is 1. The third-order valence-corrected chi connectivity index (χ3v) is 5.52. The number of benzene rings is 1. The molecule has 1 aromatic carbocycles. The molecule has 1 aliphatic carbocycles. The first kappa shape index (κ1) is 17.8. The fourth-order valence-electron chi connectivity index (χ4n) is 3.84. The number of halogens is 1. The van der Waals surface area contributed by atoms with Crippen LogP contribution >= 0.6 is 0 Å². The molecule has 8 heteroatoms. The fraction of sp³-hybridized carbons (Fsp3) is 0.474. The number of hydrogen-bond acceptors (Lipinski definition) is 5. The third-order valence-electron chi connectivity index (χ3n) is 5.52. The second kappa shape index (κ2) is 6.53. The summed E-state index contributed by atoms with van der Waals surface area (Å²) in [6, 6.07) is 1.09. The lowest BCUT2D eigenvalue weighted by molar-refractivity contribution is 0.0694. The summed E-state index contributed by atoms with van der Waals surface area (Å²) in [7, 11) is 0. The number of carbonyl (C=O) groups is 1. The van der Waals surface area contributed by atoms with Crippen molar-refractivity contribution in [3.63, 3.8) is 0 Å². The van der Waals surface area contributed by atoms with Gasteiger partial charge in [0.05, 0.1) is 10.9 Å². The normalized spacial score (nSPS) is 18.2. The Labute approximate surface area is 155 Å². The summed E-state index contributed by atoms with van der Waals surface area (Å²) >= 11 is 0. The van der Waals surface area contributed by atoms with Gasteiger partial charge in [0.2, 0.25) is 5.43 Å². The second-order valence-corrected chi connectivity index (χ2v) is 7.19. The van der Waals surface area contributed by atoms with Crippen LogP contribution in [0, 0.1) is 5.82 Å². The molecular weight excluding hydrogens is 353 g/mol. The predicted molar refractivity (Wildman–Crippen MR) is 99.4 cm³/mol. The smallest absolute Gasteiger partial charge is 0.341 e. The summed E-state index contributed by atoms with van der Waals surface area (Å²) in [5, 5.41) is 20.1. The number of carboxylic acids is 1. The summed E-state index contributed by atoms with van der Waals surface area (Å²) in [4.78, 5) is 28.0. The van der Waals surface area contributed by atoms with Crippen molar-refractivity contribution in [3.05, 3.63) is 33.9 Å². The highest BCUT2D eigenvalue weighted by Gasteiger charge is 2.31. The lowest BCUT2D eigenvalue weighted by Crippen LogP contribution is -2.46. The van der Waals surface area contributed by atoms with E-state index in [1.807, 2.05) is 0 Å². The van der Waals surface area contributed by atoms with Crippen molar-refractivity contribution in [2.24, 2.45) is 0 Å². The summed E-state index contributed by atoms with van der Waals surface area (Å²) in [6.45, 7) is 5.66. The highest BCUT2D eigenvalue weighted by Crippen LogP contribution is 2.43. The largest absolute Gasteiger partial charge is 0.504 e. The van der Waals surface area contributed by atoms with E-state index < -0.39 is 22.8 Å². The highest BCUT2D eigenvalue weighted by molar-refractivity contribution is 5.96. The molecule has 27 heavy (non-hydrogen) atoms. The molecule has 2 aromatic rings. The topological polar surface area (TPSA) is 86.0 Å². The Hall–Kier alpha value is -2.61. The van der Waals surface area contributed by atoms with Gasteiger partial charge in [0.15, 0.2) is 11.6 Å². The molecule has 7 nitrogen and oxygen atoms in total. The van der Waals surface area contributed by atoms with Gasteiger partial charge in [-0.2, -0.15) is 0 Å². The van der Waals surface area contributed by atoms with Gasteiger partial charge >= 0.3 is 5.97 Å². The number of likely N-dealkylation sites (N-methyl/N-ethyl adjacent to an activating group) is 1. The van der Waals surface area contributed by atoms with Crippen molar-refractivity contribution in [1.29, 1.82) is 0 Å². The van der Waals surface area contributed by atoms with Crippen LogP contribution in [-0.2, 0) is 0 Å². The number of aromatic nitrogens is 1. The summed E-state index contributed by atoms with van der Waals surface area (Å²) in [6.07, 6.45) is 2.94. The first-order valence-corrected chi connectivity index (χ1v) is 9.23. The van der Waals surface area contributed by atoms with Crippen LogP contribution in [0.15, 0.2) is 17.1 Å². The lowest BCUT2D eigenvalue weighted by atomic mass is 10.1. The Bertz CT molecular complexity index is 975. The van der Waals surface area contributed by atoms with Crippen molar-refractivity contribution in [3.8, 4) is 5.75 Å². The van der Waals surface area contributed by atoms with E-state index in [-0.39, 0.29) is 28.4 Å². The Morgan fingerprint density at radius 2 is 1.93 bits per heavy atom. The number of phenolic OH excluding ortho intramolecular Hbond substituents is 1. The Kier molecular flexibility index (Phi) is 4.30. The minimum Gasteiger partial charge on any atom is -0.504 e. The van der Waals surface area contributed by atoms with Crippen molar-refractivity contribution in [2.45, 2.75) is 25.8 Å². The number of nitrogens with zero attached hydrogens (tertiary/aromatic N) is 3. The van der Waals surface area contributed by atoms with Crippen LogP contribution < -0.4 is 10.3 Å². The molecule has 1 saturated carbocycles. The highest BCUT2D eigenvalue weighted by atomic mass is 19.1. The minimum atomic E-state index is -1.35. The van der Waals surface area contributed by atoms with Gasteiger partial charge in [0.1, 0.15) is 11.3 Å². The summed E-state index contributed by atoms with van der Waals surface area (Å²) < 4.78 is 16.5. The van der Waals surface area contributed by atoms with E-state index in [9.17, 15) is 24.2 Å². The van der Waals surface area contributed by atoms with E-state index in [0.29, 0.717) is 13.1 Å². The molecule has 1 aliphatic heterocycles. The summed E-state index contributed by atoms with van der Waals surface area (Å²) in [5.41, 5.74) is -0.861. The maximum Gasteiger partial charge on any atom is 0.341 e. The monoisotopic (exact) mass is 375 g/mol. The third kappa shape index (κ3) is 2.93. The molecule has 0 unspecified atom stereocenters. The van der Waals surface area contributed by atoms with Crippen LogP contribution in [-0.4, -0.2) is 58.4 Å². The molecule has 2 aliphatic rings. The van der Waals surface area contributed by atoms with Crippen molar-refractivity contribution < 1.29 is 19.4 Å². The number of aromatic hydroxyl groups is 1. The second-order valence-electron chi connectivity index (χ2n) is 7.19. The van der Waals surface area contributed by atoms with Gasteiger partial charge < -0.3 is 24.6 Å². The Balaban J connectivity index is 1.91. The van der Waals surface area contributed by atoms with Gasteiger partial charge in [-0.25, -0.2) is 9.18 Å². The van der Waals surface area contributed by atoms with E-state index in [1.54, 1.807) is 9.47 Å². The average Bonchev–Trinajstić information content (AvgIpc) is 3.48. The van der Waals surface area contributed by atoms with E-state index in [1.165, 1.54) is 6.20 Å². The van der Waals surface area contributed by atoms with Gasteiger partial charge in [-0.3, -0.25) is 4.79 Å². The molecule has 0 amide bonds. The van der Waals surface area contributed by atoms with Gasteiger partial charge in [0.25, 0.3) is 0 Å². The number of phenols is 1. The predicted octanol–water partition coefficient (Wildman–Crippen LogP) is 2.02. The van der Waals surface area contributed by atoms with Crippen molar-refractivity contribution >= 4 is 22.6 Å². The standard InChI is InChI=1S/C19H22FN3O4/c1-2-21-5-7-22(8-6-21)16-14(20)9-12-15(18(16)25)23(11-3-4-11)10-13(17(12)24)19(26)27/h9-11,25H,2-8H2,1H3,(H,26,27). The molecule has 144 valence electrons. The molecule has 0 bridgehead atoms. The molecule has 0 spiro atoms. The number of carboxylic acid groups (broad SMARTS) is 1. The van der Waals surface area contributed by atoms with E-state index >= 15 is 0 Å². The van der Waals surface area contributed by atoms with Gasteiger partial charge in [-0.1, -0.05) is 6.92 Å². The van der Waals surface area contributed by atoms with E-state index in [0.717, 1.165) is 38.5 Å². The van der Waals surface area contributed by atoms with Gasteiger partial charge in [0, 0.05) is 38.4 Å². The SMILES string of the molecule is CCN1CCN(c2c(F)cc3c(=O)c(C(=O)O)cn(C4CC4)c3c2O)CC1. The molecule has 1 saturated heterocycles. The first-order chi connectivity index (χ1) is 12.9. The maximum absolute atomic E-state index is 14.9. The Morgan fingerprint density at radius 1 is 1.26 bits per heavy atom. The molecular formula is C19H22FN3O4. The minimum absolute atomic E-state index is 0.0207. The van der Waals surface area contributed by atoms with E-state index in [2.05, 4.69) is 11.8 Å². The van der Waals surface area contributed by atoms with Crippen LogP contribution in [0.2, 0.25) is 0 Å². The number of fused-ring (bicyclic) bond motifs is 1. The molecule has 2 fully saturated rings. The number of hydrogen-bond donors (Lipinski definition) is 2. The number of aromatic carboxylic acids is 1. The number of pyridine rings is 1. The van der Waals surface area contributed by atoms with Crippen LogP contribution in [0.25, 0.3) is 10.9 Å². The fourth-order valence-corrected chi connectivity index (χ4v) is 3.84. The van der Waals surface area contributed by atoms with Crippen molar-refractivity contribution in [1.82, 2.24) is 9.47 Å². The zero-order valence-electron chi connectivity index (χ0n) is 15.1. The van der Waals surface area contributed by atoms with Gasteiger partial charge in [-0.05, 0) is 25.5 Å². The molecule has 2 N–H and O–H groups in total. The van der Waals surface area contributed by atoms with E-state index in [4.69, 9.17) is 0 Å². The van der Waals surface area contributed by atoms with Crippen LogP contribution in [0.4, 0.5) is 10.1 Å². The summed E-state index contributed by atoms with van der Waals surface area (Å²) in [5.74, 6) is -2.33. The molecule has 0 atom stereocenters. The Morgan fingerprint density at radius 3 is 2.48 bits per heavy atom. The molecule has 1 aromatic heterocycles. The zero-order valence-corrected chi connectivity index (χ0v) is 15.1. The average molecular weight is 375 g/mol. The molecule has 2 heterocycles. The first-order valence-electron chi connectivity index (χ1n) is 9.23. The van der Waals surface area contributed by atoms with Crippen LogP contribution in [0.5, 0.6) is 5.75 Å². The maximum atomic E-state index is 14.9. The molecule has 4 rings (SSSR count). The molecule has 0 radical (unpaired) electrons. The number of piperazine rings is 1. The number of rotatable bonds is 4. The quantitative estimate of drug-likeness (QED) is 0.850. The van der Waals surface area contributed by atoms with Crippen LogP contribution in [0.3, 0.4) is 0 Å². The lowest BCUT2D eigenvalue weighted by Gasteiger charge is -2.36. The van der Waals surface area contributed by atoms with Gasteiger partial charge in [-0.15, -0.1) is 0 Å². The van der Waals surface area contributed by atoms with Crippen molar-refractivity contribution in [2.75, 3.05) is 37.6 Å². The zero-order chi connectivity index (χ0) is 19.3. The van der Waals surface area contributed by atoms with Crippen LogP contribution in [0.1, 0.15) is 36.2 Å².